The summed E-state index contributed by atoms with van der Waals surface area (Å²) in [6.07, 6.45) is 6.77. The molecule has 1 fully saturated rings. The summed E-state index contributed by atoms with van der Waals surface area (Å²) in [5, 5.41) is 4.65. The molecule has 0 bridgehead atoms. The van der Waals surface area contributed by atoms with Crippen LogP contribution in [0.3, 0.4) is 0 Å². The number of nitrogens with one attached hydrogen (secondary N) is 1. The van der Waals surface area contributed by atoms with Crippen molar-refractivity contribution in [3.8, 4) is 0 Å². The fourth-order valence-corrected chi connectivity index (χ4v) is 3.59. The van der Waals surface area contributed by atoms with Crippen LogP contribution in [0.15, 0.2) is 30.3 Å². The van der Waals surface area contributed by atoms with E-state index < -0.39 is 0 Å². The molecule has 0 spiro atoms. The molecule has 1 saturated carbocycles. The molecule has 0 atom stereocenters. The molecule has 3 nitrogen and oxygen atoms in total. The zero-order valence-electron chi connectivity index (χ0n) is 12.9. The lowest BCUT2D eigenvalue weighted by Gasteiger charge is -2.27. The summed E-state index contributed by atoms with van der Waals surface area (Å²) in [4.78, 5) is 4.71. The van der Waals surface area contributed by atoms with E-state index in [4.69, 9.17) is 10.7 Å². The van der Waals surface area contributed by atoms with Crippen molar-refractivity contribution in [2.24, 2.45) is 5.41 Å². The van der Waals surface area contributed by atoms with Crippen LogP contribution in [-0.4, -0.2) is 11.5 Å². The Hall–Kier alpha value is -1.61. The summed E-state index contributed by atoms with van der Waals surface area (Å²) in [7, 11) is 0. The van der Waals surface area contributed by atoms with Crippen LogP contribution in [0.25, 0.3) is 10.9 Å². The molecule has 3 N–H and O–H groups in total. The molecule has 3 heteroatoms. The normalized spacial score (nSPS) is 17.4. The first-order chi connectivity index (χ1) is 10.2. The van der Waals surface area contributed by atoms with Gasteiger partial charge in [-0.1, -0.05) is 38.0 Å². The largest absolute Gasteiger partial charge is 0.398 e. The molecule has 21 heavy (non-hydrogen) atoms. The highest BCUT2D eigenvalue weighted by Gasteiger charge is 2.31. The number of rotatable bonds is 5. The highest BCUT2D eigenvalue weighted by atomic mass is 14.9. The third-order valence-corrected chi connectivity index (χ3v) is 5.02. The minimum absolute atomic E-state index is 0.516. The Morgan fingerprint density at radius 2 is 2.00 bits per heavy atom. The Bertz CT molecular complexity index is 615. The van der Waals surface area contributed by atoms with E-state index in [0.29, 0.717) is 5.41 Å². The van der Waals surface area contributed by atoms with Gasteiger partial charge in [0.15, 0.2) is 0 Å². The summed E-state index contributed by atoms with van der Waals surface area (Å²) < 4.78 is 0. The third-order valence-electron chi connectivity index (χ3n) is 5.02. The monoisotopic (exact) mass is 283 g/mol. The minimum Gasteiger partial charge on any atom is -0.398 e. The zero-order valence-corrected chi connectivity index (χ0v) is 12.9. The second-order valence-electron chi connectivity index (χ2n) is 6.38. The van der Waals surface area contributed by atoms with Crippen molar-refractivity contribution in [1.29, 1.82) is 0 Å². The molecular formula is C18H25N3. The molecule has 0 radical (unpaired) electrons. The van der Waals surface area contributed by atoms with Gasteiger partial charge in [0.2, 0.25) is 0 Å². The van der Waals surface area contributed by atoms with Crippen LogP contribution in [-0.2, 0) is 6.54 Å². The van der Waals surface area contributed by atoms with Gasteiger partial charge < -0.3 is 11.1 Å². The molecule has 2 aromatic rings. The van der Waals surface area contributed by atoms with Crippen molar-refractivity contribution in [2.75, 3.05) is 12.3 Å². The van der Waals surface area contributed by atoms with Gasteiger partial charge in [0.25, 0.3) is 0 Å². The molecule has 1 aliphatic rings. The molecule has 0 amide bonds. The van der Waals surface area contributed by atoms with Crippen molar-refractivity contribution < 1.29 is 0 Å². The first-order valence-electron chi connectivity index (χ1n) is 8.07. The van der Waals surface area contributed by atoms with Crippen LogP contribution in [0.5, 0.6) is 0 Å². The predicted molar refractivity (Wildman–Crippen MR) is 89.1 cm³/mol. The predicted octanol–water partition coefficient (Wildman–Crippen LogP) is 3.88. The number of hydrogen-bond donors (Lipinski definition) is 2. The van der Waals surface area contributed by atoms with Crippen LogP contribution >= 0.6 is 0 Å². The maximum atomic E-state index is 6.14. The smallest absolute Gasteiger partial charge is 0.0726 e. The van der Waals surface area contributed by atoms with Crippen LogP contribution in [0, 0.1) is 5.41 Å². The summed E-state index contributed by atoms with van der Waals surface area (Å²) in [6, 6.07) is 10.1. The van der Waals surface area contributed by atoms with Crippen molar-refractivity contribution in [2.45, 2.75) is 45.6 Å². The number of hydrogen-bond acceptors (Lipinski definition) is 3. The molecule has 112 valence electrons. The van der Waals surface area contributed by atoms with E-state index in [1.54, 1.807) is 0 Å². The fourth-order valence-electron chi connectivity index (χ4n) is 3.59. The Labute approximate surface area is 127 Å². The van der Waals surface area contributed by atoms with Gasteiger partial charge in [-0.15, -0.1) is 0 Å². The van der Waals surface area contributed by atoms with Gasteiger partial charge in [0.05, 0.1) is 11.2 Å². The van der Waals surface area contributed by atoms with E-state index in [2.05, 4.69) is 12.2 Å². The first-order valence-corrected chi connectivity index (χ1v) is 8.07. The fraction of sp³-hybridized carbons (Fsp3) is 0.500. The summed E-state index contributed by atoms with van der Waals surface area (Å²) in [5.41, 5.74) is 9.50. The molecule has 1 heterocycles. The van der Waals surface area contributed by atoms with Crippen LogP contribution < -0.4 is 11.1 Å². The minimum atomic E-state index is 0.516. The molecule has 3 rings (SSSR count). The van der Waals surface area contributed by atoms with Crippen LogP contribution in [0.4, 0.5) is 5.69 Å². The van der Waals surface area contributed by atoms with E-state index in [1.165, 1.54) is 32.1 Å². The van der Waals surface area contributed by atoms with E-state index in [-0.39, 0.29) is 0 Å². The van der Waals surface area contributed by atoms with Gasteiger partial charge in [-0.25, -0.2) is 0 Å². The second kappa shape index (κ2) is 6.02. The number of fused-ring (bicyclic) bond motifs is 1. The maximum Gasteiger partial charge on any atom is 0.0726 e. The Morgan fingerprint density at radius 3 is 2.76 bits per heavy atom. The summed E-state index contributed by atoms with van der Waals surface area (Å²) >= 11 is 0. The molecule has 0 saturated heterocycles. The van der Waals surface area contributed by atoms with E-state index >= 15 is 0 Å². The molecule has 1 aromatic heterocycles. The summed E-state index contributed by atoms with van der Waals surface area (Å²) in [5.74, 6) is 0. The van der Waals surface area contributed by atoms with Crippen molar-refractivity contribution in [3.05, 3.63) is 36.0 Å². The number of nitrogen functional groups attached to an aromatic ring is 1. The lowest BCUT2D eigenvalue weighted by Crippen LogP contribution is -2.31. The van der Waals surface area contributed by atoms with E-state index in [9.17, 15) is 0 Å². The first kappa shape index (κ1) is 14.3. The highest BCUT2D eigenvalue weighted by Crippen LogP contribution is 2.40. The Kier molecular flexibility index (Phi) is 4.11. The molecule has 1 aliphatic carbocycles. The second-order valence-corrected chi connectivity index (χ2v) is 6.38. The molecular weight excluding hydrogens is 258 g/mol. The SMILES string of the molecule is CCC1(CNCc2cc(N)c3ccccc3n2)CCCC1. The quantitative estimate of drug-likeness (QED) is 0.875. The van der Waals surface area contributed by atoms with Crippen molar-refractivity contribution in [3.63, 3.8) is 0 Å². The number of aromatic nitrogens is 1. The van der Waals surface area contributed by atoms with Gasteiger partial charge in [-0.05, 0) is 36.8 Å². The molecule has 0 unspecified atom stereocenters. The number of anilines is 1. The average molecular weight is 283 g/mol. The third kappa shape index (κ3) is 3.03. The van der Waals surface area contributed by atoms with Crippen molar-refractivity contribution >= 4 is 16.6 Å². The number of nitrogens with zero attached hydrogens (tertiary/aromatic N) is 1. The van der Waals surface area contributed by atoms with Gasteiger partial charge >= 0.3 is 0 Å². The zero-order chi connectivity index (χ0) is 14.7. The maximum absolute atomic E-state index is 6.14. The molecule has 1 aromatic carbocycles. The topological polar surface area (TPSA) is 50.9 Å². The van der Waals surface area contributed by atoms with Crippen molar-refractivity contribution in [1.82, 2.24) is 10.3 Å². The van der Waals surface area contributed by atoms with Crippen LogP contribution in [0.2, 0.25) is 0 Å². The number of pyridine rings is 1. The van der Waals surface area contributed by atoms with Crippen LogP contribution in [0.1, 0.15) is 44.7 Å². The van der Waals surface area contributed by atoms with E-state index in [0.717, 1.165) is 35.4 Å². The Morgan fingerprint density at radius 1 is 1.24 bits per heavy atom. The van der Waals surface area contributed by atoms with Gasteiger partial charge in [0.1, 0.15) is 0 Å². The lowest BCUT2D eigenvalue weighted by atomic mass is 9.83. The van der Waals surface area contributed by atoms with E-state index in [1.807, 2.05) is 30.3 Å². The Balaban J connectivity index is 1.68. The number of para-hydroxylation sites is 1. The van der Waals surface area contributed by atoms with Gasteiger partial charge in [-0.3, -0.25) is 4.98 Å². The average Bonchev–Trinajstić information content (AvgIpc) is 2.97. The molecule has 0 aliphatic heterocycles. The summed E-state index contributed by atoms with van der Waals surface area (Å²) in [6.45, 7) is 4.22. The van der Waals surface area contributed by atoms with Gasteiger partial charge in [-0.2, -0.15) is 0 Å². The highest BCUT2D eigenvalue weighted by molar-refractivity contribution is 5.90. The lowest BCUT2D eigenvalue weighted by molar-refractivity contribution is 0.268. The standard InChI is InChI=1S/C18H25N3/c1-2-18(9-5-6-10-18)13-20-12-14-11-16(19)15-7-3-4-8-17(15)21-14/h3-4,7-8,11,20H,2,5-6,9-10,12-13H2,1H3,(H2,19,21). The number of benzene rings is 1. The van der Waals surface area contributed by atoms with Gasteiger partial charge in [0, 0.05) is 24.2 Å². The number of nitrogens with two attached hydrogens (primary N) is 1.